The van der Waals surface area contributed by atoms with E-state index in [4.69, 9.17) is 9.47 Å². The summed E-state index contributed by atoms with van der Waals surface area (Å²) in [6.45, 7) is 9.10. The zero-order valence-corrected chi connectivity index (χ0v) is 24.2. The summed E-state index contributed by atoms with van der Waals surface area (Å²) in [4.78, 5) is 44.9. The van der Waals surface area contributed by atoms with Gasteiger partial charge in [0.25, 0.3) is 5.69 Å². The number of allylic oxidation sites excluding steroid dienone is 1. The van der Waals surface area contributed by atoms with Gasteiger partial charge in [0.15, 0.2) is 0 Å². The quantitative estimate of drug-likeness (QED) is 0.190. The highest BCUT2D eigenvalue weighted by atomic mass is 16.6. The molecule has 0 saturated heterocycles. The molecule has 0 aliphatic carbocycles. The first kappa shape index (κ1) is 30.7. The van der Waals surface area contributed by atoms with Crippen LogP contribution in [0.5, 0.6) is 0 Å². The van der Waals surface area contributed by atoms with Crippen LogP contribution in [-0.4, -0.2) is 54.8 Å². The van der Waals surface area contributed by atoms with Gasteiger partial charge in [-0.25, -0.2) is 4.79 Å². The second-order valence-electron chi connectivity index (χ2n) is 10.5. The first-order valence-electron chi connectivity index (χ1n) is 13.5. The molecule has 0 amide bonds. The summed E-state index contributed by atoms with van der Waals surface area (Å²) in [7, 11) is 3.30. The molecule has 2 atom stereocenters. The van der Waals surface area contributed by atoms with Crippen molar-refractivity contribution in [3.05, 3.63) is 87.1 Å². The number of methoxy groups -OCH3 is 1. The number of esters is 2. The number of nitrogens with zero attached hydrogens (tertiary/aromatic N) is 3. The largest absolute Gasteiger partial charge is 0.468 e. The molecule has 2 aromatic carbocycles. The number of rotatable bonds is 12. The molecule has 0 fully saturated rings. The van der Waals surface area contributed by atoms with E-state index in [9.17, 15) is 19.7 Å². The molecule has 3 rings (SSSR count). The van der Waals surface area contributed by atoms with Crippen molar-refractivity contribution in [1.82, 2.24) is 4.90 Å². The number of aliphatic imine (C=N–C) groups is 1. The Morgan fingerprint density at radius 3 is 2.27 bits per heavy atom. The van der Waals surface area contributed by atoms with Crippen LogP contribution in [0.15, 0.2) is 70.9 Å². The molecule has 9 heteroatoms. The van der Waals surface area contributed by atoms with Crippen LogP contribution < -0.4 is 0 Å². The average Bonchev–Trinajstić information content (AvgIpc) is 2.94. The number of carbonyl (C=O) groups excluding carboxylic acids is 2. The first-order chi connectivity index (χ1) is 19.1. The van der Waals surface area contributed by atoms with Gasteiger partial charge in [-0.15, -0.1) is 0 Å². The Balaban J connectivity index is 1.93. The van der Waals surface area contributed by atoms with Crippen LogP contribution in [0.4, 0.5) is 5.69 Å². The van der Waals surface area contributed by atoms with E-state index in [0.717, 1.165) is 19.4 Å². The number of ether oxygens (including phenoxy) is 2. The molecule has 0 radical (unpaired) electrons. The predicted molar refractivity (Wildman–Crippen MR) is 154 cm³/mol. The number of benzene rings is 2. The van der Waals surface area contributed by atoms with Crippen molar-refractivity contribution in [2.75, 3.05) is 27.3 Å². The van der Waals surface area contributed by atoms with Crippen LogP contribution in [0.1, 0.15) is 57.6 Å². The smallest absolute Gasteiger partial charge is 0.336 e. The highest BCUT2D eigenvalue weighted by molar-refractivity contribution is 6.07. The van der Waals surface area contributed by atoms with Gasteiger partial charge in [0.05, 0.1) is 24.2 Å². The summed E-state index contributed by atoms with van der Waals surface area (Å²) in [6.07, 6.45) is 1.56. The SMILES string of the molecule is CCC(CC)(COC(=O)C1=C(C)N=C(C)C(C(=O)OC)C1c1ccccc1[N+](=O)[O-])CN(C)Cc1ccccc1. The van der Waals surface area contributed by atoms with Gasteiger partial charge < -0.3 is 14.4 Å². The van der Waals surface area contributed by atoms with Gasteiger partial charge in [-0.2, -0.15) is 0 Å². The second kappa shape index (κ2) is 13.5. The number of para-hydroxylation sites is 1. The number of nitro benzene ring substituents is 1. The Morgan fingerprint density at radius 2 is 1.68 bits per heavy atom. The van der Waals surface area contributed by atoms with Crippen LogP contribution in [-0.2, 0) is 25.6 Å². The van der Waals surface area contributed by atoms with E-state index in [-0.39, 0.29) is 28.8 Å². The maximum atomic E-state index is 13.8. The van der Waals surface area contributed by atoms with Crippen molar-refractivity contribution >= 4 is 23.3 Å². The molecule has 2 unspecified atom stereocenters. The second-order valence-corrected chi connectivity index (χ2v) is 10.5. The van der Waals surface area contributed by atoms with Gasteiger partial charge >= 0.3 is 11.9 Å². The fourth-order valence-electron chi connectivity index (χ4n) is 5.53. The Labute approximate surface area is 236 Å². The monoisotopic (exact) mass is 549 g/mol. The molecule has 0 spiro atoms. The molecule has 1 aliphatic heterocycles. The Hall–Kier alpha value is -3.85. The van der Waals surface area contributed by atoms with Crippen molar-refractivity contribution in [3.8, 4) is 0 Å². The number of nitro groups is 1. The Morgan fingerprint density at radius 1 is 1.05 bits per heavy atom. The molecule has 0 N–H and O–H groups in total. The van der Waals surface area contributed by atoms with Gasteiger partial charge in [0.2, 0.25) is 0 Å². The van der Waals surface area contributed by atoms with E-state index in [1.807, 2.05) is 25.2 Å². The average molecular weight is 550 g/mol. The van der Waals surface area contributed by atoms with Crippen LogP contribution in [0, 0.1) is 21.4 Å². The lowest BCUT2D eigenvalue weighted by atomic mass is 9.75. The summed E-state index contributed by atoms with van der Waals surface area (Å²) in [5.74, 6) is -3.24. The molecule has 0 aromatic heterocycles. The normalized spacial score (nSPS) is 17.4. The summed E-state index contributed by atoms with van der Waals surface area (Å²) in [5.41, 5.74) is 1.86. The number of carbonyl (C=O) groups is 2. The zero-order valence-electron chi connectivity index (χ0n) is 24.2. The maximum Gasteiger partial charge on any atom is 0.336 e. The van der Waals surface area contributed by atoms with Crippen molar-refractivity contribution in [1.29, 1.82) is 0 Å². The standard InChI is InChI=1S/C31H39N3O6/c1-7-31(8-2,19-33(5)18-23-14-10-9-11-15-23)20-40-30(36)27-22(4)32-21(3)26(29(35)39-6)28(27)24-16-12-13-17-25(24)34(37)38/h9-17,26,28H,7-8,18-20H2,1-6H3. The maximum absolute atomic E-state index is 13.8. The molecule has 0 saturated carbocycles. The molecular formula is C31H39N3O6. The third kappa shape index (κ3) is 6.83. The van der Waals surface area contributed by atoms with E-state index in [2.05, 4.69) is 35.9 Å². The lowest BCUT2D eigenvalue weighted by molar-refractivity contribution is -0.385. The van der Waals surface area contributed by atoms with Crippen molar-refractivity contribution < 1.29 is 24.0 Å². The van der Waals surface area contributed by atoms with Gasteiger partial charge in [0, 0.05) is 47.5 Å². The molecule has 9 nitrogen and oxygen atoms in total. The lowest BCUT2D eigenvalue weighted by Crippen LogP contribution is -2.40. The topological polar surface area (TPSA) is 111 Å². The summed E-state index contributed by atoms with van der Waals surface area (Å²) in [6, 6.07) is 16.3. The molecule has 0 bridgehead atoms. The minimum absolute atomic E-state index is 0.133. The Kier molecular flexibility index (Phi) is 10.3. The number of hydrogen-bond donors (Lipinski definition) is 0. The first-order valence-corrected chi connectivity index (χ1v) is 13.5. The predicted octanol–water partition coefficient (Wildman–Crippen LogP) is 5.70. The van der Waals surface area contributed by atoms with Crippen molar-refractivity contribution in [3.63, 3.8) is 0 Å². The van der Waals surface area contributed by atoms with E-state index in [0.29, 0.717) is 18.0 Å². The third-order valence-electron chi connectivity index (χ3n) is 7.88. The van der Waals surface area contributed by atoms with Crippen LogP contribution >= 0.6 is 0 Å². The fourth-order valence-corrected chi connectivity index (χ4v) is 5.53. The van der Waals surface area contributed by atoms with Gasteiger partial charge in [-0.05, 0) is 39.3 Å². The lowest BCUT2D eigenvalue weighted by Gasteiger charge is -2.36. The number of hydrogen-bond acceptors (Lipinski definition) is 8. The highest BCUT2D eigenvalue weighted by Gasteiger charge is 2.45. The highest BCUT2D eigenvalue weighted by Crippen LogP contribution is 2.43. The minimum atomic E-state index is -1.00. The van der Waals surface area contributed by atoms with Crippen molar-refractivity contribution in [2.45, 2.75) is 53.0 Å². The molecule has 40 heavy (non-hydrogen) atoms. The van der Waals surface area contributed by atoms with Crippen LogP contribution in [0.3, 0.4) is 0 Å². The van der Waals surface area contributed by atoms with Crippen LogP contribution in [0.25, 0.3) is 0 Å². The molecule has 1 heterocycles. The fraction of sp³-hybridized carbons (Fsp3) is 0.452. The van der Waals surface area contributed by atoms with Crippen molar-refractivity contribution in [2.24, 2.45) is 16.3 Å². The zero-order chi connectivity index (χ0) is 29.4. The van der Waals surface area contributed by atoms with E-state index >= 15 is 0 Å². The summed E-state index contributed by atoms with van der Waals surface area (Å²) >= 11 is 0. The van der Waals surface area contributed by atoms with Gasteiger partial charge in [-0.3, -0.25) is 19.9 Å². The van der Waals surface area contributed by atoms with E-state index in [1.54, 1.807) is 32.0 Å². The van der Waals surface area contributed by atoms with Gasteiger partial charge in [0.1, 0.15) is 5.92 Å². The van der Waals surface area contributed by atoms with E-state index < -0.39 is 28.7 Å². The van der Waals surface area contributed by atoms with Gasteiger partial charge in [-0.1, -0.05) is 62.4 Å². The third-order valence-corrected chi connectivity index (χ3v) is 7.88. The molecule has 1 aliphatic rings. The molecule has 214 valence electrons. The summed E-state index contributed by atoms with van der Waals surface area (Å²) in [5, 5.41) is 11.9. The van der Waals surface area contributed by atoms with Crippen LogP contribution in [0.2, 0.25) is 0 Å². The molecule has 2 aromatic rings. The Bertz CT molecular complexity index is 1280. The summed E-state index contributed by atoms with van der Waals surface area (Å²) < 4.78 is 11.0. The van der Waals surface area contributed by atoms with E-state index in [1.165, 1.54) is 18.7 Å². The molecular weight excluding hydrogens is 510 g/mol. The minimum Gasteiger partial charge on any atom is -0.468 e.